The van der Waals surface area contributed by atoms with Crippen molar-refractivity contribution in [2.24, 2.45) is 5.10 Å². The number of benzene rings is 4. The maximum atomic E-state index is 12.9. The number of ether oxygens (including phenoxy) is 3. The normalized spacial score (nSPS) is 10.7. The van der Waals surface area contributed by atoms with E-state index in [0.29, 0.717) is 33.2 Å². The number of rotatable bonds is 9. The molecule has 7 nitrogen and oxygen atoms in total. The van der Waals surface area contributed by atoms with Crippen LogP contribution in [0.15, 0.2) is 101 Å². The van der Waals surface area contributed by atoms with E-state index in [9.17, 15) is 9.59 Å². The molecule has 1 N–H and O–H groups in total. The molecule has 38 heavy (non-hydrogen) atoms. The molecule has 4 rings (SSSR count). The monoisotopic (exact) mass is 592 g/mol. The number of hydrogen-bond acceptors (Lipinski definition) is 6. The molecule has 0 aliphatic heterocycles. The third-order valence-corrected chi connectivity index (χ3v) is 6.05. The molecule has 0 aliphatic rings. The Morgan fingerprint density at radius 3 is 2.42 bits per heavy atom. The standard InChI is InChI=1S/C29H22BrClN2O5/c1-36-24-13-8-20(9-14-24)29(35)38-26-15-10-22(30)16-21(26)17-32-33-28(34)25-4-2-3-5-27(25)37-18-19-6-11-23(31)12-7-19/h2-17H,18H2,1H3,(H,33,34). The highest BCUT2D eigenvalue weighted by Gasteiger charge is 2.14. The third kappa shape index (κ3) is 7.21. The summed E-state index contributed by atoms with van der Waals surface area (Å²) in [6.45, 7) is 0.270. The smallest absolute Gasteiger partial charge is 0.343 e. The average Bonchev–Trinajstić information content (AvgIpc) is 2.94. The van der Waals surface area contributed by atoms with E-state index in [1.54, 1.807) is 86.0 Å². The topological polar surface area (TPSA) is 86.2 Å². The van der Waals surface area contributed by atoms with Crippen molar-refractivity contribution in [1.82, 2.24) is 5.43 Å². The van der Waals surface area contributed by atoms with Gasteiger partial charge in [0.2, 0.25) is 0 Å². The fraction of sp³-hybridized carbons (Fsp3) is 0.0690. The number of amides is 1. The van der Waals surface area contributed by atoms with Crippen LogP contribution in [0.2, 0.25) is 5.02 Å². The lowest BCUT2D eigenvalue weighted by atomic mass is 10.2. The van der Waals surface area contributed by atoms with E-state index in [4.69, 9.17) is 25.8 Å². The molecule has 0 atom stereocenters. The average molecular weight is 594 g/mol. The molecule has 0 saturated heterocycles. The summed E-state index contributed by atoms with van der Waals surface area (Å²) in [6.07, 6.45) is 1.40. The number of hydrogen-bond donors (Lipinski definition) is 1. The van der Waals surface area contributed by atoms with Crippen molar-refractivity contribution in [3.8, 4) is 17.2 Å². The highest BCUT2D eigenvalue weighted by molar-refractivity contribution is 9.10. The minimum atomic E-state index is -0.541. The Labute approximate surface area is 233 Å². The van der Waals surface area contributed by atoms with E-state index >= 15 is 0 Å². The second-order valence-corrected chi connectivity index (χ2v) is 9.26. The fourth-order valence-corrected chi connectivity index (χ4v) is 3.85. The van der Waals surface area contributed by atoms with Gasteiger partial charge in [-0.25, -0.2) is 10.2 Å². The number of carbonyl (C=O) groups is 2. The van der Waals surface area contributed by atoms with Gasteiger partial charge in [-0.15, -0.1) is 0 Å². The lowest BCUT2D eigenvalue weighted by molar-refractivity contribution is 0.0734. The fourth-order valence-electron chi connectivity index (χ4n) is 3.34. The van der Waals surface area contributed by atoms with Gasteiger partial charge >= 0.3 is 5.97 Å². The third-order valence-electron chi connectivity index (χ3n) is 5.31. The van der Waals surface area contributed by atoms with Crippen LogP contribution in [0.4, 0.5) is 0 Å². The minimum absolute atomic E-state index is 0.270. The zero-order chi connectivity index (χ0) is 26.9. The number of hydrazone groups is 1. The summed E-state index contributed by atoms with van der Waals surface area (Å²) >= 11 is 9.33. The van der Waals surface area contributed by atoms with E-state index in [-0.39, 0.29) is 12.4 Å². The molecule has 4 aromatic carbocycles. The first-order chi connectivity index (χ1) is 18.4. The number of halogens is 2. The highest BCUT2D eigenvalue weighted by atomic mass is 79.9. The Morgan fingerprint density at radius 2 is 1.68 bits per heavy atom. The van der Waals surface area contributed by atoms with Crippen molar-refractivity contribution < 1.29 is 23.8 Å². The van der Waals surface area contributed by atoms with Crippen molar-refractivity contribution in [3.05, 3.63) is 123 Å². The van der Waals surface area contributed by atoms with Crippen molar-refractivity contribution in [2.45, 2.75) is 6.61 Å². The van der Waals surface area contributed by atoms with Crippen LogP contribution >= 0.6 is 27.5 Å². The van der Waals surface area contributed by atoms with Gasteiger partial charge in [-0.2, -0.15) is 5.10 Å². The van der Waals surface area contributed by atoms with Gasteiger partial charge in [0.05, 0.1) is 24.5 Å². The molecule has 1 amide bonds. The predicted octanol–water partition coefficient (Wildman–Crippen LogP) is 6.67. The molecular weight excluding hydrogens is 572 g/mol. The van der Waals surface area contributed by atoms with Crippen LogP contribution in [0, 0.1) is 0 Å². The van der Waals surface area contributed by atoms with Crippen molar-refractivity contribution in [1.29, 1.82) is 0 Å². The Bertz CT molecular complexity index is 1460. The summed E-state index contributed by atoms with van der Waals surface area (Å²) in [5, 5.41) is 4.70. The first-order valence-electron chi connectivity index (χ1n) is 11.4. The van der Waals surface area contributed by atoms with Gasteiger partial charge in [0.1, 0.15) is 23.9 Å². The quantitative estimate of drug-likeness (QED) is 0.101. The van der Waals surface area contributed by atoms with Crippen LogP contribution in [0.5, 0.6) is 17.2 Å². The molecule has 9 heteroatoms. The first-order valence-corrected chi connectivity index (χ1v) is 12.6. The van der Waals surface area contributed by atoms with E-state index in [2.05, 4.69) is 26.5 Å². The predicted molar refractivity (Wildman–Crippen MR) is 149 cm³/mol. The first kappa shape index (κ1) is 26.9. The number of esters is 1. The molecule has 192 valence electrons. The summed E-state index contributed by atoms with van der Waals surface area (Å²) < 4.78 is 17.3. The van der Waals surface area contributed by atoms with E-state index < -0.39 is 11.9 Å². The molecule has 0 heterocycles. The molecular formula is C29H22BrClN2O5. The van der Waals surface area contributed by atoms with Crippen molar-refractivity contribution in [2.75, 3.05) is 7.11 Å². The van der Waals surface area contributed by atoms with Crippen LogP contribution in [0.3, 0.4) is 0 Å². The summed E-state index contributed by atoms with van der Waals surface area (Å²) in [7, 11) is 1.55. The van der Waals surface area contributed by atoms with Crippen LogP contribution in [-0.2, 0) is 6.61 Å². The van der Waals surface area contributed by atoms with Crippen molar-refractivity contribution >= 4 is 45.6 Å². The minimum Gasteiger partial charge on any atom is -0.497 e. The van der Waals surface area contributed by atoms with Gasteiger partial charge in [0.25, 0.3) is 5.91 Å². The molecule has 0 radical (unpaired) electrons. The summed E-state index contributed by atoms with van der Waals surface area (Å²) in [5.74, 6) is 0.316. The van der Waals surface area contributed by atoms with Gasteiger partial charge < -0.3 is 14.2 Å². The largest absolute Gasteiger partial charge is 0.497 e. The van der Waals surface area contributed by atoms with Gasteiger partial charge in [-0.1, -0.05) is 51.8 Å². The summed E-state index contributed by atoms with van der Waals surface area (Å²) in [4.78, 5) is 25.5. The number of carbonyl (C=O) groups excluding carboxylic acids is 2. The van der Waals surface area contributed by atoms with E-state index in [0.717, 1.165) is 10.0 Å². The molecule has 0 spiro atoms. The number of para-hydroxylation sites is 1. The van der Waals surface area contributed by atoms with Crippen molar-refractivity contribution in [3.63, 3.8) is 0 Å². The zero-order valence-corrected chi connectivity index (χ0v) is 22.5. The molecule has 0 aromatic heterocycles. The second kappa shape index (κ2) is 12.9. The number of nitrogens with zero attached hydrogens (tertiary/aromatic N) is 1. The SMILES string of the molecule is COc1ccc(C(=O)Oc2ccc(Br)cc2C=NNC(=O)c2ccccc2OCc2ccc(Cl)cc2)cc1. The van der Waals surface area contributed by atoms with Gasteiger partial charge in [-0.05, 0) is 72.3 Å². The highest BCUT2D eigenvalue weighted by Crippen LogP contribution is 2.24. The lowest BCUT2D eigenvalue weighted by Gasteiger charge is -2.11. The molecule has 0 aliphatic carbocycles. The number of methoxy groups -OCH3 is 1. The Kier molecular flexibility index (Phi) is 9.13. The molecule has 0 saturated carbocycles. The molecule has 0 unspecified atom stereocenters. The Morgan fingerprint density at radius 1 is 0.947 bits per heavy atom. The summed E-state index contributed by atoms with van der Waals surface area (Å²) in [5.41, 5.74) is 4.57. The number of nitrogens with one attached hydrogen (secondary N) is 1. The van der Waals surface area contributed by atoms with Crippen LogP contribution < -0.4 is 19.6 Å². The van der Waals surface area contributed by atoms with Gasteiger partial charge in [0, 0.05) is 15.1 Å². The van der Waals surface area contributed by atoms with E-state index in [1.807, 2.05) is 12.1 Å². The second-order valence-electron chi connectivity index (χ2n) is 7.91. The molecule has 4 aromatic rings. The van der Waals surface area contributed by atoms with E-state index in [1.165, 1.54) is 6.21 Å². The van der Waals surface area contributed by atoms with Crippen LogP contribution in [-0.4, -0.2) is 25.2 Å². The van der Waals surface area contributed by atoms with Gasteiger partial charge in [-0.3, -0.25) is 4.79 Å². The zero-order valence-electron chi connectivity index (χ0n) is 20.2. The molecule has 0 bridgehead atoms. The van der Waals surface area contributed by atoms with Crippen LogP contribution in [0.1, 0.15) is 31.8 Å². The summed E-state index contributed by atoms with van der Waals surface area (Å²) in [6, 6.07) is 25.8. The maximum Gasteiger partial charge on any atom is 0.343 e. The molecule has 0 fully saturated rings. The Balaban J connectivity index is 1.43. The maximum absolute atomic E-state index is 12.9. The van der Waals surface area contributed by atoms with Crippen LogP contribution in [0.25, 0.3) is 0 Å². The lowest BCUT2D eigenvalue weighted by Crippen LogP contribution is -2.19. The Hall–Kier alpha value is -4.14. The van der Waals surface area contributed by atoms with Gasteiger partial charge in [0.15, 0.2) is 0 Å².